The molecule has 0 atom stereocenters. The molecule has 42 heavy (non-hydrogen) atoms. The predicted molar refractivity (Wildman–Crippen MR) is 170 cm³/mol. The van der Waals surface area contributed by atoms with Crippen LogP contribution in [0.1, 0.15) is 24.0 Å². The number of benzene rings is 3. The number of likely N-dealkylation sites (tertiary alicyclic amines) is 1. The third-order valence-corrected chi connectivity index (χ3v) is 7.88. The highest BCUT2D eigenvalue weighted by atomic mass is 16.1. The summed E-state index contributed by atoms with van der Waals surface area (Å²) >= 11 is 0. The maximum Gasteiger partial charge on any atom is 0.224 e. The predicted octanol–water partition coefficient (Wildman–Crippen LogP) is 5.55. The Morgan fingerprint density at radius 2 is 1.69 bits per heavy atom. The van der Waals surface area contributed by atoms with Gasteiger partial charge in [-0.2, -0.15) is 0 Å². The lowest BCUT2D eigenvalue weighted by Gasteiger charge is -2.32. The molecule has 3 heterocycles. The van der Waals surface area contributed by atoms with Gasteiger partial charge in [0.25, 0.3) is 0 Å². The molecule has 6 rings (SSSR count). The van der Waals surface area contributed by atoms with Crippen molar-refractivity contribution in [3.63, 3.8) is 0 Å². The number of piperidine rings is 1. The van der Waals surface area contributed by atoms with E-state index in [2.05, 4.69) is 85.2 Å². The van der Waals surface area contributed by atoms with E-state index < -0.39 is 0 Å². The molecule has 1 saturated heterocycles. The molecule has 8 heteroatoms. The number of rotatable bonds is 9. The Kier molecular flexibility index (Phi) is 8.14. The number of carbonyl (C=O) groups excluding carboxylic acids is 1. The molecule has 5 aromatic rings. The van der Waals surface area contributed by atoms with Crippen LogP contribution in [0, 0.1) is 0 Å². The second kappa shape index (κ2) is 12.4. The van der Waals surface area contributed by atoms with Crippen LogP contribution in [-0.4, -0.2) is 58.8 Å². The van der Waals surface area contributed by atoms with Crippen molar-refractivity contribution in [3.05, 3.63) is 108 Å². The number of hydrogen-bond acceptors (Lipinski definition) is 6. The first-order chi connectivity index (χ1) is 20.5. The number of fused-ring (bicyclic) bond motifs is 1. The second-order valence-electron chi connectivity index (χ2n) is 11.2. The first kappa shape index (κ1) is 27.5. The van der Waals surface area contributed by atoms with Crippen molar-refractivity contribution < 1.29 is 4.79 Å². The highest BCUT2D eigenvalue weighted by Gasteiger charge is 2.22. The molecule has 8 nitrogen and oxygen atoms in total. The summed E-state index contributed by atoms with van der Waals surface area (Å²) in [7, 11) is 4.03. The largest absolute Gasteiger partial charge is 0.378 e. The molecule has 0 radical (unpaired) electrons. The fourth-order valence-electron chi connectivity index (χ4n) is 5.64. The van der Waals surface area contributed by atoms with Crippen molar-refractivity contribution in [2.45, 2.75) is 31.8 Å². The summed E-state index contributed by atoms with van der Waals surface area (Å²) in [6, 6.07) is 31.0. The van der Waals surface area contributed by atoms with Gasteiger partial charge in [0.15, 0.2) is 11.6 Å². The number of carbonyl (C=O) groups is 1. The number of hydrogen-bond donors (Lipinski definition) is 2. The summed E-state index contributed by atoms with van der Waals surface area (Å²) in [5, 5.41) is 16.6. The van der Waals surface area contributed by atoms with Gasteiger partial charge >= 0.3 is 0 Å². The van der Waals surface area contributed by atoms with Crippen molar-refractivity contribution in [2.75, 3.05) is 37.4 Å². The Morgan fingerprint density at radius 1 is 0.905 bits per heavy atom. The smallest absolute Gasteiger partial charge is 0.224 e. The van der Waals surface area contributed by atoms with Gasteiger partial charge in [0.1, 0.15) is 0 Å². The lowest BCUT2D eigenvalue weighted by atomic mass is 10.0. The number of nitrogens with zero attached hydrogens (tertiary/aromatic N) is 5. The van der Waals surface area contributed by atoms with Gasteiger partial charge < -0.3 is 15.5 Å². The molecule has 2 aromatic heterocycles. The van der Waals surface area contributed by atoms with Gasteiger partial charge in [-0.1, -0.05) is 54.6 Å². The van der Waals surface area contributed by atoms with Crippen LogP contribution in [0.25, 0.3) is 16.7 Å². The van der Waals surface area contributed by atoms with Gasteiger partial charge in [0.05, 0.1) is 11.9 Å². The lowest BCUT2D eigenvalue weighted by molar-refractivity contribution is -0.121. The summed E-state index contributed by atoms with van der Waals surface area (Å²) in [5.74, 6) is 1.43. The third kappa shape index (κ3) is 6.44. The van der Waals surface area contributed by atoms with Gasteiger partial charge in [-0.25, -0.2) is 0 Å². The van der Waals surface area contributed by atoms with Crippen LogP contribution in [0.5, 0.6) is 0 Å². The average molecular weight is 560 g/mol. The van der Waals surface area contributed by atoms with Crippen molar-refractivity contribution in [1.82, 2.24) is 25.0 Å². The summed E-state index contributed by atoms with van der Waals surface area (Å²) in [6.07, 6.45) is 4.28. The highest BCUT2D eigenvalue weighted by Crippen LogP contribution is 2.26. The summed E-state index contributed by atoms with van der Waals surface area (Å²) in [5.41, 5.74) is 5.37. The van der Waals surface area contributed by atoms with E-state index in [1.54, 1.807) is 0 Å². The van der Waals surface area contributed by atoms with E-state index in [1.165, 1.54) is 5.56 Å². The minimum atomic E-state index is 0.0602. The molecule has 3 aromatic carbocycles. The molecule has 1 fully saturated rings. The Morgan fingerprint density at radius 3 is 2.45 bits per heavy atom. The Hall–Kier alpha value is -4.69. The van der Waals surface area contributed by atoms with Crippen molar-refractivity contribution in [3.8, 4) is 5.82 Å². The van der Waals surface area contributed by atoms with Crippen LogP contribution >= 0.6 is 0 Å². The normalized spacial score (nSPS) is 14.1. The van der Waals surface area contributed by atoms with Gasteiger partial charge in [0.2, 0.25) is 5.91 Å². The van der Waals surface area contributed by atoms with Crippen LogP contribution in [0.3, 0.4) is 0 Å². The zero-order valence-electron chi connectivity index (χ0n) is 24.2. The van der Waals surface area contributed by atoms with Crippen molar-refractivity contribution in [1.29, 1.82) is 0 Å². The maximum atomic E-state index is 13.2. The monoisotopic (exact) mass is 559 g/mol. The Balaban J connectivity index is 1.10. The van der Waals surface area contributed by atoms with Crippen LogP contribution in [0.15, 0.2) is 97.2 Å². The highest BCUT2D eigenvalue weighted by molar-refractivity contribution is 5.90. The standard InChI is InChI=1S/C34H37N7O/c1-39(2)29-12-8-11-28(22-29)35-32-15-16-33(38-37-32)41-24-26(30-13-6-7-14-31(30)41)21-34(42)36-27-17-19-40(20-18-27)23-25-9-4-3-5-10-25/h3-16,22,24,27H,17-21,23H2,1-2H3,(H,35,37)(H,36,42). The topological polar surface area (TPSA) is 78.3 Å². The van der Waals surface area contributed by atoms with Gasteiger partial charge in [-0.3, -0.25) is 14.3 Å². The fourth-order valence-corrected chi connectivity index (χ4v) is 5.64. The van der Waals surface area contributed by atoms with E-state index in [0.717, 1.165) is 60.3 Å². The minimum absolute atomic E-state index is 0.0602. The number of para-hydroxylation sites is 1. The molecule has 2 N–H and O–H groups in total. The first-order valence-corrected chi connectivity index (χ1v) is 14.5. The molecule has 0 spiro atoms. The first-order valence-electron chi connectivity index (χ1n) is 14.5. The Labute approximate surface area is 247 Å². The molecule has 0 aliphatic carbocycles. The molecule has 1 aliphatic rings. The third-order valence-electron chi connectivity index (χ3n) is 7.88. The number of nitrogens with one attached hydrogen (secondary N) is 2. The van der Waals surface area contributed by atoms with Gasteiger partial charge in [-0.05, 0) is 60.4 Å². The van der Waals surface area contributed by atoms with E-state index in [-0.39, 0.29) is 11.9 Å². The lowest BCUT2D eigenvalue weighted by Crippen LogP contribution is -2.44. The maximum absolute atomic E-state index is 13.2. The van der Waals surface area contributed by atoms with Crippen LogP contribution in [0.2, 0.25) is 0 Å². The van der Waals surface area contributed by atoms with Crippen LogP contribution in [-0.2, 0) is 17.8 Å². The molecular formula is C34H37N7O. The van der Waals surface area contributed by atoms with Crippen LogP contribution in [0.4, 0.5) is 17.2 Å². The average Bonchev–Trinajstić information content (AvgIpc) is 3.37. The number of anilines is 3. The molecule has 0 bridgehead atoms. The van der Waals surface area contributed by atoms with E-state index in [0.29, 0.717) is 18.1 Å². The quantitative estimate of drug-likeness (QED) is 0.247. The van der Waals surface area contributed by atoms with E-state index in [9.17, 15) is 4.79 Å². The molecule has 1 amide bonds. The van der Waals surface area contributed by atoms with E-state index in [1.807, 2.05) is 61.3 Å². The molecule has 0 saturated carbocycles. The fraction of sp³-hybridized carbons (Fsp3) is 0.265. The zero-order valence-corrected chi connectivity index (χ0v) is 24.2. The van der Waals surface area contributed by atoms with Crippen molar-refractivity contribution in [2.24, 2.45) is 0 Å². The molecule has 1 aliphatic heterocycles. The summed E-state index contributed by atoms with van der Waals surface area (Å²) in [4.78, 5) is 17.7. The second-order valence-corrected chi connectivity index (χ2v) is 11.2. The van der Waals surface area contributed by atoms with Crippen molar-refractivity contribution >= 4 is 34.0 Å². The SMILES string of the molecule is CN(C)c1cccc(Nc2ccc(-n3cc(CC(=O)NC4CCN(Cc5ccccc5)CC4)c4ccccc43)nn2)c1. The van der Waals surface area contributed by atoms with E-state index >= 15 is 0 Å². The summed E-state index contributed by atoms with van der Waals surface area (Å²) in [6.45, 7) is 2.94. The molecule has 0 unspecified atom stereocenters. The number of aromatic nitrogens is 3. The van der Waals surface area contributed by atoms with Gasteiger partial charge in [0, 0.05) is 62.7 Å². The molecular weight excluding hydrogens is 522 g/mol. The van der Waals surface area contributed by atoms with Crippen LogP contribution < -0.4 is 15.5 Å². The zero-order chi connectivity index (χ0) is 28.9. The Bertz CT molecular complexity index is 1640. The number of amides is 1. The molecule has 214 valence electrons. The van der Waals surface area contributed by atoms with Gasteiger partial charge in [-0.15, -0.1) is 10.2 Å². The van der Waals surface area contributed by atoms with E-state index in [4.69, 9.17) is 0 Å². The summed E-state index contributed by atoms with van der Waals surface area (Å²) < 4.78 is 2.02. The minimum Gasteiger partial charge on any atom is -0.378 e.